The van der Waals surface area contributed by atoms with Crippen molar-refractivity contribution in [1.29, 1.82) is 0 Å². The molecule has 0 saturated heterocycles. The molecule has 1 saturated carbocycles. The zero-order chi connectivity index (χ0) is 17.6. The number of hydrogen-bond acceptors (Lipinski definition) is 3. The number of carbonyl (C=O) groups excluding carboxylic acids is 2. The second kappa shape index (κ2) is 8.87. The van der Waals surface area contributed by atoms with Gasteiger partial charge in [-0.2, -0.15) is 0 Å². The first kappa shape index (κ1) is 19.3. The monoisotopic (exact) mass is 370 g/mol. The Bertz CT molecular complexity index is 590. The third-order valence-electron chi connectivity index (χ3n) is 4.89. The van der Waals surface area contributed by atoms with Gasteiger partial charge < -0.3 is 4.74 Å². The third-order valence-corrected chi connectivity index (χ3v) is 5.47. The van der Waals surface area contributed by atoms with Crippen molar-refractivity contribution in [2.45, 2.75) is 57.8 Å². The largest absolute Gasteiger partial charge is 0.469 e. The first-order valence-corrected chi connectivity index (χ1v) is 9.22. The maximum absolute atomic E-state index is 12.7. The van der Waals surface area contributed by atoms with Crippen LogP contribution in [0.5, 0.6) is 0 Å². The topological polar surface area (TPSA) is 43.4 Å². The fraction of sp³-hybridized carbons (Fsp3) is 0.579. The summed E-state index contributed by atoms with van der Waals surface area (Å²) in [6, 6.07) is 5.19. The van der Waals surface area contributed by atoms with E-state index in [9.17, 15) is 9.59 Å². The predicted octanol–water partition coefficient (Wildman–Crippen LogP) is 5.40. The van der Waals surface area contributed by atoms with Crippen LogP contribution in [0.1, 0.15) is 56.9 Å². The Morgan fingerprint density at radius 3 is 2.33 bits per heavy atom. The fourth-order valence-corrected chi connectivity index (χ4v) is 4.11. The maximum Gasteiger partial charge on any atom is 0.306 e. The highest BCUT2D eigenvalue weighted by Gasteiger charge is 2.35. The molecule has 0 bridgehead atoms. The molecule has 0 heterocycles. The minimum Gasteiger partial charge on any atom is -0.469 e. The predicted molar refractivity (Wildman–Crippen MR) is 96.6 cm³/mol. The van der Waals surface area contributed by atoms with Gasteiger partial charge in [0.05, 0.1) is 13.5 Å². The van der Waals surface area contributed by atoms with Crippen LogP contribution in [0, 0.1) is 5.41 Å². The number of rotatable bonds is 6. The molecular formula is C19H24Cl2O3. The third kappa shape index (κ3) is 5.49. The highest BCUT2D eigenvalue weighted by Crippen LogP contribution is 2.42. The smallest absolute Gasteiger partial charge is 0.306 e. The van der Waals surface area contributed by atoms with Gasteiger partial charge in [-0.15, -0.1) is 0 Å². The molecule has 0 N–H and O–H groups in total. The van der Waals surface area contributed by atoms with Crippen LogP contribution >= 0.6 is 23.2 Å². The van der Waals surface area contributed by atoms with Crippen LogP contribution in [-0.4, -0.2) is 18.9 Å². The van der Waals surface area contributed by atoms with Gasteiger partial charge in [-0.05, 0) is 36.0 Å². The van der Waals surface area contributed by atoms with Crippen LogP contribution in [0.3, 0.4) is 0 Å². The summed E-state index contributed by atoms with van der Waals surface area (Å²) >= 11 is 12.1. The number of methoxy groups -OCH3 is 1. The van der Waals surface area contributed by atoms with Crippen LogP contribution in [0.15, 0.2) is 18.2 Å². The van der Waals surface area contributed by atoms with Crippen LogP contribution in [0.25, 0.3) is 0 Å². The summed E-state index contributed by atoms with van der Waals surface area (Å²) in [7, 11) is 1.40. The summed E-state index contributed by atoms with van der Waals surface area (Å²) < 4.78 is 4.86. The lowest BCUT2D eigenvalue weighted by Crippen LogP contribution is -2.28. The molecule has 1 aromatic rings. The van der Waals surface area contributed by atoms with Gasteiger partial charge in [-0.25, -0.2) is 0 Å². The molecular weight excluding hydrogens is 347 g/mol. The minimum absolute atomic E-state index is 0.116. The molecule has 1 fully saturated rings. The molecule has 1 aliphatic rings. The number of hydrogen-bond donors (Lipinski definition) is 0. The molecule has 3 nitrogen and oxygen atoms in total. The first-order valence-electron chi connectivity index (χ1n) is 8.47. The Hall–Kier alpha value is -1.06. The summed E-state index contributed by atoms with van der Waals surface area (Å²) in [5, 5.41) is 1.07. The molecule has 0 spiro atoms. The zero-order valence-electron chi connectivity index (χ0n) is 14.1. The Morgan fingerprint density at radius 1 is 1.08 bits per heavy atom. The van der Waals surface area contributed by atoms with Crippen molar-refractivity contribution in [2.75, 3.05) is 7.11 Å². The van der Waals surface area contributed by atoms with Crippen molar-refractivity contribution >= 4 is 35.0 Å². The van der Waals surface area contributed by atoms with E-state index in [0.29, 0.717) is 22.9 Å². The molecule has 1 aromatic carbocycles. The average molecular weight is 371 g/mol. The molecule has 1 aliphatic carbocycles. The van der Waals surface area contributed by atoms with Crippen LogP contribution in [-0.2, 0) is 20.7 Å². The fourth-order valence-electron chi connectivity index (χ4n) is 3.63. The van der Waals surface area contributed by atoms with Crippen molar-refractivity contribution in [3.05, 3.63) is 33.8 Å². The first-order chi connectivity index (χ1) is 11.4. The number of ketones is 1. The average Bonchev–Trinajstić information content (AvgIpc) is 2.75. The van der Waals surface area contributed by atoms with Gasteiger partial charge >= 0.3 is 5.97 Å². The molecule has 2 rings (SSSR count). The van der Waals surface area contributed by atoms with E-state index in [4.69, 9.17) is 27.9 Å². The molecule has 132 valence electrons. The minimum atomic E-state index is -0.264. The van der Waals surface area contributed by atoms with Gasteiger partial charge in [-0.3, -0.25) is 9.59 Å². The van der Waals surface area contributed by atoms with Crippen molar-refractivity contribution in [3.8, 4) is 0 Å². The highest BCUT2D eigenvalue weighted by atomic mass is 35.5. The summed E-state index contributed by atoms with van der Waals surface area (Å²) in [6.07, 6.45) is 7.27. The summed E-state index contributed by atoms with van der Waals surface area (Å²) in [5.41, 5.74) is 0.521. The Balaban J connectivity index is 2.09. The number of benzene rings is 1. The SMILES string of the molecule is COC(=O)CC1(CC(=O)Cc2ccc(Cl)cc2Cl)CCCCCC1. The normalized spacial score (nSPS) is 17.1. The molecule has 24 heavy (non-hydrogen) atoms. The second-order valence-corrected chi connectivity index (χ2v) is 7.64. The maximum atomic E-state index is 12.7. The van der Waals surface area contributed by atoms with Gasteiger partial charge in [0.25, 0.3) is 0 Å². The molecule has 0 unspecified atom stereocenters. The van der Waals surface area contributed by atoms with E-state index in [0.717, 1.165) is 31.2 Å². The Labute approximate surface area is 153 Å². The van der Waals surface area contributed by atoms with Gasteiger partial charge in [0.2, 0.25) is 0 Å². The molecule has 0 aromatic heterocycles. The van der Waals surface area contributed by atoms with Gasteiger partial charge in [0, 0.05) is 22.9 Å². The second-order valence-electron chi connectivity index (χ2n) is 6.80. The quantitative estimate of drug-likeness (QED) is 0.497. The molecule has 0 atom stereocenters. The summed E-state index contributed by atoms with van der Waals surface area (Å²) in [6.45, 7) is 0. The Kier molecular flexibility index (Phi) is 7.12. The standard InChI is InChI=1S/C19H24Cl2O3/c1-24-18(23)13-19(8-4-2-3-5-9-19)12-16(22)10-14-6-7-15(20)11-17(14)21/h6-7,11H,2-5,8-10,12-13H2,1H3. The zero-order valence-corrected chi connectivity index (χ0v) is 15.6. The number of carbonyl (C=O) groups is 2. The van der Waals surface area contributed by atoms with E-state index in [-0.39, 0.29) is 23.6 Å². The van der Waals surface area contributed by atoms with Gasteiger partial charge in [0.15, 0.2) is 0 Å². The van der Waals surface area contributed by atoms with Crippen molar-refractivity contribution in [2.24, 2.45) is 5.41 Å². The van der Waals surface area contributed by atoms with Crippen molar-refractivity contribution in [1.82, 2.24) is 0 Å². The Morgan fingerprint density at radius 2 is 1.75 bits per heavy atom. The van der Waals surface area contributed by atoms with E-state index < -0.39 is 0 Å². The van der Waals surface area contributed by atoms with E-state index >= 15 is 0 Å². The van der Waals surface area contributed by atoms with Crippen molar-refractivity contribution in [3.63, 3.8) is 0 Å². The summed E-state index contributed by atoms with van der Waals surface area (Å²) in [4.78, 5) is 24.5. The lowest BCUT2D eigenvalue weighted by atomic mass is 9.73. The molecule has 5 heteroatoms. The van der Waals surface area contributed by atoms with Crippen LogP contribution < -0.4 is 0 Å². The van der Waals surface area contributed by atoms with Gasteiger partial charge in [0.1, 0.15) is 5.78 Å². The highest BCUT2D eigenvalue weighted by molar-refractivity contribution is 6.35. The lowest BCUT2D eigenvalue weighted by molar-refractivity contribution is -0.144. The van der Waals surface area contributed by atoms with E-state index in [1.807, 2.05) is 0 Å². The molecule has 0 amide bonds. The van der Waals surface area contributed by atoms with Gasteiger partial charge in [-0.1, -0.05) is 55.0 Å². The number of Topliss-reactive ketones (excluding diaryl/α,β-unsaturated/α-hetero) is 1. The van der Waals surface area contributed by atoms with E-state index in [2.05, 4.69) is 0 Å². The lowest BCUT2D eigenvalue weighted by Gasteiger charge is -2.31. The van der Waals surface area contributed by atoms with Crippen LogP contribution in [0.2, 0.25) is 10.0 Å². The van der Waals surface area contributed by atoms with E-state index in [1.54, 1.807) is 18.2 Å². The number of esters is 1. The number of halogens is 2. The summed E-state index contributed by atoms with van der Waals surface area (Å²) in [5.74, 6) is -0.112. The number of ether oxygens (including phenoxy) is 1. The van der Waals surface area contributed by atoms with Crippen LogP contribution in [0.4, 0.5) is 0 Å². The van der Waals surface area contributed by atoms with E-state index in [1.165, 1.54) is 20.0 Å². The molecule has 0 radical (unpaired) electrons. The molecule has 0 aliphatic heterocycles. The van der Waals surface area contributed by atoms with Crippen molar-refractivity contribution < 1.29 is 14.3 Å².